The fraction of sp³-hybridized carbons (Fsp3) is 0.853. The van der Waals surface area contributed by atoms with Gasteiger partial charge in [-0.05, 0) is 111 Å². The number of carbonyl (C=O) groups excluding carboxylic acids is 1. The lowest BCUT2D eigenvalue weighted by atomic mass is 9.35. The Morgan fingerprint density at radius 2 is 1.45 bits per heavy atom. The van der Waals surface area contributed by atoms with E-state index in [-0.39, 0.29) is 46.0 Å². The lowest BCUT2D eigenvalue weighted by Crippen LogP contribution is -2.61. The van der Waals surface area contributed by atoms with Crippen LogP contribution in [0, 0.1) is 44.3 Å². The van der Waals surface area contributed by atoms with Gasteiger partial charge in [-0.3, -0.25) is 14.4 Å². The number of allylic oxidation sites excluding steroid dienone is 2. The first-order valence-electron chi connectivity index (χ1n) is 15.8. The predicted molar refractivity (Wildman–Crippen MR) is 153 cm³/mol. The SMILES string of the molecule is CC1(C)[C@@H](OC(=O)CCC(=O)O)CC[C@]2(C)C3=C(CC[C@@H]12)[C@@]1(C)CC[C@@]2(C)CC[C@](C)(C(=O)O)C[C@H]2[C@]1(C)CC3. The fourth-order valence-corrected chi connectivity index (χ4v) is 11.1. The highest BCUT2D eigenvalue weighted by Crippen LogP contribution is 2.75. The molecule has 5 aliphatic carbocycles. The van der Waals surface area contributed by atoms with Gasteiger partial charge in [0.1, 0.15) is 6.10 Å². The van der Waals surface area contributed by atoms with Crippen molar-refractivity contribution in [1.29, 1.82) is 0 Å². The van der Waals surface area contributed by atoms with Crippen molar-refractivity contribution in [2.24, 2.45) is 44.3 Å². The molecule has 0 radical (unpaired) electrons. The smallest absolute Gasteiger partial charge is 0.309 e. The van der Waals surface area contributed by atoms with Crippen molar-refractivity contribution in [3.63, 3.8) is 0 Å². The van der Waals surface area contributed by atoms with E-state index in [0.29, 0.717) is 11.8 Å². The lowest BCUT2D eigenvalue weighted by molar-refractivity contribution is -0.179. The zero-order valence-electron chi connectivity index (χ0n) is 26.0. The van der Waals surface area contributed by atoms with E-state index in [1.165, 1.54) is 12.8 Å². The Labute approximate surface area is 240 Å². The summed E-state index contributed by atoms with van der Waals surface area (Å²) in [6.45, 7) is 16.5. The maximum Gasteiger partial charge on any atom is 0.309 e. The molecule has 2 N–H and O–H groups in total. The van der Waals surface area contributed by atoms with E-state index in [1.807, 2.05) is 6.92 Å². The third-order valence-corrected chi connectivity index (χ3v) is 14.0. The number of carbonyl (C=O) groups is 3. The zero-order valence-corrected chi connectivity index (χ0v) is 26.0. The van der Waals surface area contributed by atoms with Crippen LogP contribution in [-0.2, 0) is 19.1 Å². The quantitative estimate of drug-likeness (QED) is 0.265. The molecule has 0 spiro atoms. The molecule has 8 atom stereocenters. The molecular formula is C34H52O6. The predicted octanol–water partition coefficient (Wildman–Crippen LogP) is 7.79. The number of hydrogen-bond acceptors (Lipinski definition) is 4. The largest absolute Gasteiger partial charge is 0.481 e. The third-order valence-electron chi connectivity index (χ3n) is 14.0. The van der Waals surface area contributed by atoms with Gasteiger partial charge in [0.05, 0.1) is 18.3 Å². The lowest BCUT2D eigenvalue weighted by Gasteiger charge is -2.69. The van der Waals surface area contributed by atoms with Crippen LogP contribution in [0.1, 0.15) is 132 Å². The molecule has 0 aromatic rings. The molecular weight excluding hydrogens is 504 g/mol. The summed E-state index contributed by atoms with van der Waals surface area (Å²) < 4.78 is 5.95. The second-order valence-electron chi connectivity index (χ2n) is 16.2. The van der Waals surface area contributed by atoms with Gasteiger partial charge >= 0.3 is 17.9 Å². The molecule has 5 aliphatic rings. The summed E-state index contributed by atoms with van der Waals surface area (Å²) in [6, 6.07) is 0. The first kappa shape index (κ1) is 29.6. The number of carboxylic acid groups (broad SMARTS) is 2. The summed E-state index contributed by atoms with van der Waals surface area (Å²) in [6.07, 6.45) is 10.6. The molecule has 5 rings (SSSR count). The minimum atomic E-state index is -0.971. The van der Waals surface area contributed by atoms with Crippen molar-refractivity contribution in [1.82, 2.24) is 0 Å². The van der Waals surface area contributed by atoms with Crippen molar-refractivity contribution in [2.45, 2.75) is 138 Å². The molecule has 6 nitrogen and oxygen atoms in total. The molecule has 0 heterocycles. The van der Waals surface area contributed by atoms with Crippen LogP contribution in [0.4, 0.5) is 0 Å². The standard InChI is InChI=1S/C34H52O6/c1-29(2)23-9-8-22-21(32(23,5)14-13-25(29)40-27(37)11-10-26(35)36)12-15-34(7)24-20-31(4,28(38)39)17-16-30(24,3)18-19-33(22,34)6/h23-25H,8-20H2,1-7H3,(H,35,36)(H,38,39)/t23-,24+,25-,30+,31-,32+,33+,34-/m0/s1. The van der Waals surface area contributed by atoms with Gasteiger partial charge in [0, 0.05) is 5.41 Å². The maximum absolute atomic E-state index is 12.5. The molecule has 224 valence electrons. The molecule has 0 saturated heterocycles. The van der Waals surface area contributed by atoms with E-state index < -0.39 is 23.3 Å². The van der Waals surface area contributed by atoms with E-state index in [9.17, 15) is 19.5 Å². The Morgan fingerprint density at radius 1 is 0.775 bits per heavy atom. The molecule has 3 fully saturated rings. The Kier molecular flexibility index (Phi) is 6.91. The van der Waals surface area contributed by atoms with Gasteiger partial charge < -0.3 is 14.9 Å². The molecule has 40 heavy (non-hydrogen) atoms. The summed E-state index contributed by atoms with van der Waals surface area (Å²) >= 11 is 0. The highest BCUT2D eigenvalue weighted by atomic mass is 16.5. The van der Waals surface area contributed by atoms with E-state index in [4.69, 9.17) is 9.84 Å². The van der Waals surface area contributed by atoms with Crippen LogP contribution in [0.15, 0.2) is 11.1 Å². The first-order chi connectivity index (χ1) is 18.4. The van der Waals surface area contributed by atoms with Crippen LogP contribution in [0.5, 0.6) is 0 Å². The average Bonchev–Trinajstić information content (AvgIpc) is 2.87. The van der Waals surface area contributed by atoms with Gasteiger partial charge in [-0.15, -0.1) is 0 Å². The summed E-state index contributed by atoms with van der Waals surface area (Å²) in [5, 5.41) is 19.2. The van der Waals surface area contributed by atoms with Crippen molar-refractivity contribution in [3.8, 4) is 0 Å². The number of carboxylic acids is 2. The molecule has 0 bridgehead atoms. The van der Waals surface area contributed by atoms with Crippen molar-refractivity contribution < 1.29 is 29.3 Å². The summed E-state index contributed by atoms with van der Waals surface area (Å²) in [4.78, 5) is 35.8. The molecule has 0 amide bonds. The van der Waals surface area contributed by atoms with Gasteiger partial charge in [-0.25, -0.2) is 0 Å². The number of ether oxygens (including phenoxy) is 1. The van der Waals surface area contributed by atoms with Gasteiger partial charge in [0.15, 0.2) is 0 Å². The highest BCUT2D eigenvalue weighted by molar-refractivity contribution is 5.76. The zero-order chi connectivity index (χ0) is 29.5. The van der Waals surface area contributed by atoms with Crippen LogP contribution in [0.2, 0.25) is 0 Å². The van der Waals surface area contributed by atoms with Crippen molar-refractivity contribution in [2.75, 3.05) is 0 Å². The van der Waals surface area contributed by atoms with Gasteiger partial charge in [0.25, 0.3) is 0 Å². The van der Waals surface area contributed by atoms with Crippen LogP contribution < -0.4 is 0 Å². The second-order valence-corrected chi connectivity index (χ2v) is 16.2. The molecule has 0 unspecified atom stereocenters. The number of aliphatic carboxylic acids is 2. The molecule has 6 heteroatoms. The highest BCUT2D eigenvalue weighted by Gasteiger charge is 2.66. The van der Waals surface area contributed by atoms with E-state index in [0.717, 1.165) is 57.8 Å². The average molecular weight is 557 g/mol. The maximum atomic E-state index is 12.5. The number of hydrogen-bond donors (Lipinski definition) is 2. The van der Waals surface area contributed by atoms with E-state index in [2.05, 4.69) is 41.5 Å². The number of esters is 1. The molecule has 0 aromatic heterocycles. The minimum absolute atomic E-state index is 0.0638. The monoisotopic (exact) mass is 556 g/mol. The summed E-state index contributed by atoms with van der Waals surface area (Å²) in [5.41, 5.74) is 2.97. The minimum Gasteiger partial charge on any atom is -0.481 e. The molecule has 0 aromatic carbocycles. The van der Waals surface area contributed by atoms with Crippen LogP contribution in [-0.4, -0.2) is 34.2 Å². The molecule has 0 aliphatic heterocycles. The van der Waals surface area contributed by atoms with Crippen LogP contribution in [0.3, 0.4) is 0 Å². The van der Waals surface area contributed by atoms with Crippen molar-refractivity contribution in [3.05, 3.63) is 11.1 Å². The number of rotatable bonds is 5. The van der Waals surface area contributed by atoms with E-state index >= 15 is 0 Å². The Balaban J connectivity index is 1.45. The van der Waals surface area contributed by atoms with Gasteiger partial charge in [-0.1, -0.05) is 52.7 Å². The molecule has 3 saturated carbocycles. The van der Waals surface area contributed by atoms with E-state index in [1.54, 1.807) is 11.1 Å². The van der Waals surface area contributed by atoms with Gasteiger partial charge in [0.2, 0.25) is 0 Å². The summed E-state index contributed by atoms with van der Waals surface area (Å²) in [7, 11) is 0. The van der Waals surface area contributed by atoms with Crippen LogP contribution in [0.25, 0.3) is 0 Å². The topological polar surface area (TPSA) is 101 Å². The first-order valence-corrected chi connectivity index (χ1v) is 15.8. The van der Waals surface area contributed by atoms with Gasteiger partial charge in [-0.2, -0.15) is 0 Å². The normalized spacial score (nSPS) is 45.8. The second kappa shape index (κ2) is 9.33. The van der Waals surface area contributed by atoms with Crippen LogP contribution >= 0.6 is 0 Å². The number of fused-ring (bicyclic) bond motifs is 6. The third kappa shape index (κ3) is 4.12. The fourth-order valence-electron chi connectivity index (χ4n) is 11.1. The summed E-state index contributed by atoms with van der Waals surface area (Å²) in [5.74, 6) is -1.19. The Morgan fingerprint density at radius 3 is 2.10 bits per heavy atom. The Hall–Kier alpha value is -1.85. The Bertz CT molecular complexity index is 1140. The van der Waals surface area contributed by atoms with Crippen molar-refractivity contribution >= 4 is 17.9 Å².